The fraction of sp³-hybridized carbons (Fsp3) is 0.217. The summed E-state index contributed by atoms with van der Waals surface area (Å²) in [6.07, 6.45) is 3.01. The summed E-state index contributed by atoms with van der Waals surface area (Å²) in [7, 11) is 1.63. The Morgan fingerprint density at radius 2 is 1.27 bits per heavy atom. The molecule has 0 aliphatic carbocycles. The number of aromatic amines is 1. The highest BCUT2D eigenvalue weighted by Gasteiger charge is 2.23. The van der Waals surface area contributed by atoms with Crippen molar-refractivity contribution in [3.63, 3.8) is 0 Å². The molecule has 8 aromatic rings. The Bertz CT molecular complexity index is 2750. The van der Waals surface area contributed by atoms with Gasteiger partial charge in [0, 0.05) is 12.4 Å². The Morgan fingerprint density at radius 3 is 1.88 bits per heavy atom. The summed E-state index contributed by atoms with van der Waals surface area (Å²) < 4.78 is 25.6. The lowest BCUT2D eigenvalue weighted by molar-refractivity contribution is 0.0881. The van der Waals surface area contributed by atoms with E-state index in [0.717, 1.165) is 51.7 Å². The second-order valence-corrected chi connectivity index (χ2v) is 14.2. The minimum Gasteiger partial charge on any atom is -0.493 e. The Morgan fingerprint density at radius 1 is 0.712 bits per heavy atom. The van der Waals surface area contributed by atoms with Crippen LogP contribution in [0.1, 0.15) is 16.7 Å². The van der Waals surface area contributed by atoms with Crippen molar-refractivity contribution in [3.05, 3.63) is 171 Å². The van der Waals surface area contributed by atoms with Gasteiger partial charge in [0.2, 0.25) is 0 Å². The van der Waals surface area contributed by atoms with Crippen LogP contribution in [0.5, 0.6) is 17.2 Å². The number of aliphatic hydroxyl groups excluding tert-OH is 1. The van der Waals surface area contributed by atoms with Crippen molar-refractivity contribution >= 4 is 11.3 Å². The Balaban J connectivity index is 0.000000148. The molecule has 59 heavy (non-hydrogen) atoms. The molecule has 2 atom stereocenters. The van der Waals surface area contributed by atoms with Crippen molar-refractivity contribution in [3.8, 4) is 39.5 Å². The van der Waals surface area contributed by atoms with E-state index in [1.165, 1.54) is 24.6 Å². The van der Waals surface area contributed by atoms with E-state index in [9.17, 15) is 14.7 Å². The summed E-state index contributed by atoms with van der Waals surface area (Å²) in [6, 6.07) is 39.1. The van der Waals surface area contributed by atoms with Gasteiger partial charge in [0.1, 0.15) is 31.2 Å². The zero-order chi connectivity index (χ0) is 41.3. The molecule has 0 bridgehead atoms. The standard InChI is InChI=1S/C23H23N3O3.C13H11N3O.C10H12O3/c1-16-7-9-18(10-8-16)19-11-12-22-24-26(23(28)25(22)13-19)14-20(27)15-29-21-6-4-3-5-17(21)2;1-9-2-4-10(5-3-9)11-6-7-12-14-15-13(17)16(12)8-11;1-11-9-4-2-3-5-10(9)13-7-8-6-12-8/h3-13,20,27H,14-15H2,1-2H3;2-8H,1H3,(H,15,17);2-5,8H,6-7H2,1H3. The summed E-state index contributed by atoms with van der Waals surface area (Å²) in [6.45, 7) is 7.60. The first kappa shape index (κ1) is 40.2. The molecule has 13 heteroatoms. The first-order chi connectivity index (χ1) is 28.6. The van der Waals surface area contributed by atoms with Crippen LogP contribution < -0.4 is 25.6 Å². The lowest BCUT2D eigenvalue weighted by atomic mass is 10.1. The average molecular weight is 795 g/mol. The van der Waals surface area contributed by atoms with Crippen molar-refractivity contribution in [2.45, 2.75) is 39.5 Å². The SMILES string of the molecule is COc1ccccc1OCC1CO1.Cc1ccc(-c2ccc3n[nH]c(=O)n3c2)cc1.Cc1ccc(-c2ccc3nn(CC(O)COc4ccccc4C)c(=O)n3c2)cc1. The van der Waals surface area contributed by atoms with E-state index in [-0.39, 0.29) is 30.6 Å². The third kappa shape index (κ3) is 10.3. The van der Waals surface area contributed by atoms with Gasteiger partial charge in [-0.1, -0.05) is 90.0 Å². The zero-order valence-corrected chi connectivity index (χ0v) is 33.3. The van der Waals surface area contributed by atoms with Gasteiger partial charge in [-0.15, -0.1) is 5.10 Å². The molecule has 5 heterocycles. The molecule has 1 aliphatic rings. The number of H-pyrrole nitrogens is 1. The third-order valence-electron chi connectivity index (χ3n) is 9.56. The molecule has 0 saturated carbocycles. The van der Waals surface area contributed by atoms with Crippen LogP contribution in [0.15, 0.2) is 143 Å². The van der Waals surface area contributed by atoms with Crippen molar-refractivity contribution in [2.24, 2.45) is 0 Å². The second-order valence-electron chi connectivity index (χ2n) is 14.2. The van der Waals surface area contributed by atoms with Crippen LogP contribution in [-0.4, -0.2) is 73.0 Å². The van der Waals surface area contributed by atoms with Gasteiger partial charge in [0.15, 0.2) is 22.8 Å². The number of ether oxygens (including phenoxy) is 4. The summed E-state index contributed by atoms with van der Waals surface area (Å²) in [5.74, 6) is 2.26. The highest BCUT2D eigenvalue weighted by Crippen LogP contribution is 2.27. The van der Waals surface area contributed by atoms with Gasteiger partial charge in [-0.3, -0.25) is 0 Å². The van der Waals surface area contributed by atoms with E-state index in [1.54, 1.807) is 19.5 Å². The molecule has 0 radical (unpaired) electrons. The third-order valence-corrected chi connectivity index (χ3v) is 9.56. The number of epoxide rings is 1. The number of aromatic nitrogens is 6. The molecule has 1 fully saturated rings. The van der Waals surface area contributed by atoms with Crippen LogP contribution in [0, 0.1) is 20.8 Å². The highest BCUT2D eigenvalue weighted by molar-refractivity contribution is 5.65. The number of aliphatic hydroxyl groups is 1. The van der Waals surface area contributed by atoms with E-state index >= 15 is 0 Å². The minimum absolute atomic E-state index is 0.0618. The number of methoxy groups -OCH3 is 1. The van der Waals surface area contributed by atoms with E-state index in [2.05, 4.69) is 27.4 Å². The molecule has 302 valence electrons. The first-order valence-electron chi connectivity index (χ1n) is 19.2. The number of benzene rings is 4. The number of para-hydroxylation sites is 3. The quantitative estimate of drug-likeness (QED) is 0.137. The molecule has 13 nitrogen and oxygen atoms in total. The Hall–Kier alpha value is -6.96. The Kier molecular flexibility index (Phi) is 12.6. The number of pyridine rings is 2. The lowest BCUT2D eigenvalue weighted by Gasteiger charge is -2.13. The first-order valence-corrected chi connectivity index (χ1v) is 19.2. The fourth-order valence-corrected chi connectivity index (χ4v) is 6.12. The monoisotopic (exact) mass is 794 g/mol. The van der Waals surface area contributed by atoms with E-state index in [4.69, 9.17) is 18.9 Å². The molecular weight excluding hydrogens is 749 g/mol. The highest BCUT2D eigenvalue weighted by atomic mass is 16.6. The molecular formula is C46H46N6O7. The molecule has 2 unspecified atom stereocenters. The van der Waals surface area contributed by atoms with Crippen LogP contribution in [0.3, 0.4) is 0 Å². The molecule has 0 amide bonds. The van der Waals surface area contributed by atoms with E-state index in [1.807, 2.05) is 130 Å². The largest absolute Gasteiger partial charge is 0.493 e. The number of rotatable bonds is 11. The van der Waals surface area contributed by atoms with Gasteiger partial charge >= 0.3 is 11.4 Å². The molecule has 1 saturated heterocycles. The molecule has 4 aromatic heterocycles. The number of fused-ring (bicyclic) bond motifs is 2. The molecule has 9 rings (SSSR count). The maximum absolute atomic E-state index is 12.7. The van der Waals surface area contributed by atoms with Gasteiger partial charge < -0.3 is 24.1 Å². The van der Waals surface area contributed by atoms with Crippen LogP contribution in [0.2, 0.25) is 0 Å². The zero-order valence-electron chi connectivity index (χ0n) is 33.3. The molecule has 1 aliphatic heterocycles. The van der Waals surface area contributed by atoms with Crippen LogP contribution >= 0.6 is 0 Å². The lowest BCUT2D eigenvalue weighted by Crippen LogP contribution is -2.30. The van der Waals surface area contributed by atoms with Crippen molar-refractivity contribution in [1.82, 2.24) is 28.8 Å². The second kappa shape index (κ2) is 18.5. The van der Waals surface area contributed by atoms with Crippen LogP contribution in [0.4, 0.5) is 0 Å². The summed E-state index contributed by atoms with van der Waals surface area (Å²) in [4.78, 5) is 24.2. The van der Waals surface area contributed by atoms with E-state index < -0.39 is 6.10 Å². The smallest absolute Gasteiger partial charge is 0.350 e. The van der Waals surface area contributed by atoms with Gasteiger partial charge in [0.25, 0.3) is 0 Å². The number of hydrogen-bond acceptors (Lipinski definition) is 9. The maximum atomic E-state index is 12.7. The molecule has 4 aromatic carbocycles. The molecule has 0 spiro atoms. The van der Waals surface area contributed by atoms with Crippen LogP contribution in [-0.2, 0) is 11.3 Å². The number of hydrogen-bond donors (Lipinski definition) is 2. The maximum Gasteiger partial charge on any atom is 0.350 e. The topological polar surface area (TPSA) is 150 Å². The summed E-state index contributed by atoms with van der Waals surface area (Å²) in [5, 5.41) is 21.0. The van der Waals surface area contributed by atoms with Gasteiger partial charge in [-0.05, 0) is 91.1 Å². The summed E-state index contributed by atoms with van der Waals surface area (Å²) >= 11 is 0. The molecule has 2 N–H and O–H groups in total. The van der Waals surface area contributed by atoms with Crippen LogP contribution in [0.25, 0.3) is 33.5 Å². The number of nitrogens with zero attached hydrogens (tertiary/aromatic N) is 5. The van der Waals surface area contributed by atoms with Gasteiger partial charge in [-0.25, -0.2) is 28.2 Å². The number of nitrogens with one attached hydrogen (secondary N) is 1. The Labute approximate surface area is 340 Å². The normalized spacial score (nSPS) is 13.5. The number of aryl methyl sites for hydroxylation is 3. The van der Waals surface area contributed by atoms with Gasteiger partial charge in [0.05, 0.1) is 20.3 Å². The minimum atomic E-state index is -0.853. The summed E-state index contributed by atoms with van der Waals surface area (Å²) in [5.41, 5.74) is 8.12. The average Bonchev–Trinajstić information content (AvgIpc) is 3.95. The van der Waals surface area contributed by atoms with Crippen molar-refractivity contribution in [1.29, 1.82) is 0 Å². The van der Waals surface area contributed by atoms with E-state index in [0.29, 0.717) is 17.9 Å². The van der Waals surface area contributed by atoms with Gasteiger partial charge in [-0.2, -0.15) is 5.10 Å². The van der Waals surface area contributed by atoms with Crippen molar-refractivity contribution < 1.29 is 24.1 Å². The fourth-order valence-electron chi connectivity index (χ4n) is 6.12. The van der Waals surface area contributed by atoms with Crippen molar-refractivity contribution in [2.75, 3.05) is 26.9 Å². The predicted molar refractivity (Wildman–Crippen MR) is 227 cm³/mol. The predicted octanol–water partition coefficient (Wildman–Crippen LogP) is 6.69.